The van der Waals surface area contributed by atoms with Crippen molar-refractivity contribution in [1.29, 1.82) is 0 Å². The maximum atomic E-state index is 11.3. The van der Waals surface area contributed by atoms with Crippen LogP contribution in [0.1, 0.15) is 21.2 Å². The van der Waals surface area contributed by atoms with Crippen molar-refractivity contribution in [2.45, 2.75) is 13.8 Å². The van der Waals surface area contributed by atoms with E-state index in [0.717, 1.165) is 10.6 Å². The maximum Gasteiger partial charge on any atom is 0.380 e. The lowest BCUT2D eigenvalue weighted by atomic mass is 10.3. The van der Waals surface area contributed by atoms with E-state index in [1.807, 2.05) is 6.92 Å². The van der Waals surface area contributed by atoms with Crippen molar-refractivity contribution in [3.63, 3.8) is 0 Å². The first kappa shape index (κ1) is 9.78. The number of hydrogen-bond donors (Lipinski definition) is 1. The Balaban J connectivity index is 2.72. The molecular formula is C8H7N3O3S. The van der Waals surface area contributed by atoms with Crippen molar-refractivity contribution in [3.8, 4) is 0 Å². The molecule has 0 aliphatic carbocycles. The second-order valence-electron chi connectivity index (χ2n) is 3.02. The zero-order valence-electron chi connectivity index (χ0n) is 8.01. The van der Waals surface area contributed by atoms with E-state index < -0.39 is 11.8 Å². The summed E-state index contributed by atoms with van der Waals surface area (Å²) in [5, 5.41) is 15.9. The van der Waals surface area contributed by atoms with Crippen LogP contribution in [-0.4, -0.2) is 31.5 Å². The van der Waals surface area contributed by atoms with Crippen LogP contribution in [0.5, 0.6) is 0 Å². The predicted octanol–water partition coefficient (Wildman–Crippen LogP) is 0.675. The topological polar surface area (TPSA) is 84.6 Å². The van der Waals surface area contributed by atoms with Gasteiger partial charge in [0.25, 0.3) is 0 Å². The van der Waals surface area contributed by atoms with Crippen LogP contribution in [0, 0.1) is 13.8 Å². The highest BCUT2D eigenvalue weighted by Crippen LogP contribution is 2.21. The third-order valence-electron chi connectivity index (χ3n) is 2.12. The lowest BCUT2D eigenvalue weighted by Crippen LogP contribution is -2.16. The Kier molecular flexibility index (Phi) is 2.04. The Morgan fingerprint density at radius 3 is 2.60 bits per heavy atom. The molecule has 2 aromatic heterocycles. The average Bonchev–Trinajstić information content (AvgIpc) is 2.68. The van der Waals surface area contributed by atoms with Gasteiger partial charge in [-0.1, -0.05) is 11.3 Å². The molecule has 0 unspecified atom stereocenters. The van der Waals surface area contributed by atoms with Gasteiger partial charge in [-0.15, -0.1) is 10.2 Å². The van der Waals surface area contributed by atoms with E-state index in [-0.39, 0.29) is 5.82 Å². The van der Waals surface area contributed by atoms with Crippen LogP contribution < -0.4 is 0 Å². The smallest absolute Gasteiger partial charge is 0.380 e. The van der Waals surface area contributed by atoms with Crippen LogP contribution >= 0.6 is 11.3 Å². The number of carbonyl (C=O) groups excluding carboxylic acids is 1. The van der Waals surface area contributed by atoms with E-state index in [0.29, 0.717) is 4.96 Å². The number of rotatable bonds is 2. The summed E-state index contributed by atoms with van der Waals surface area (Å²) in [6, 6.07) is 0. The number of hydrogen-bond acceptors (Lipinski definition) is 5. The summed E-state index contributed by atoms with van der Waals surface area (Å²) < 4.78 is 1.47. The molecule has 7 heteroatoms. The minimum atomic E-state index is -1.52. The normalized spacial score (nSPS) is 10.8. The Labute approximate surface area is 88.2 Å². The van der Waals surface area contributed by atoms with Crippen molar-refractivity contribution in [3.05, 3.63) is 16.4 Å². The molecule has 0 spiro atoms. The van der Waals surface area contributed by atoms with E-state index >= 15 is 0 Å². The molecule has 6 nitrogen and oxygen atoms in total. The molecule has 78 valence electrons. The van der Waals surface area contributed by atoms with Gasteiger partial charge in [0, 0.05) is 10.6 Å². The first-order valence-corrected chi connectivity index (χ1v) is 4.92. The summed E-state index contributed by atoms with van der Waals surface area (Å²) in [4.78, 5) is 23.3. The van der Waals surface area contributed by atoms with Crippen molar-refractivity contribution in [2.24, 2.45) is 0 Å². The van der Waals surface area contributed by atoms with Gasteiger partial charge in [0.1, 0.15) is 0 Å². The molecule has 0 aliphatic rings. The number of aromatic nitrogens is 3. The van der Waals surface area contributed by atoms with E-state index in [4.69, 9.17) is 5.11 Å². The highest BCUT2D eigenvalue weighted by Gasteiger charge is 2.23. The van der Waals surface area contributed by atoms with Crippen LogP contribution in [0.3, 0.4) is 0 Å². The van der Waals surface area contributed by atoms with Gasteiger partial charge < -0.3 is 5.11 Å². The van der Waals surface area contributed by atoms with E-state index in [9.17, 15) is 9.59 Å². The average molecular weight is 225 g/mol. The number of aryl methyl sites for hydroxylation is 2. The molecule has 0 saturated heterocycles. The number of carbonyl (C=O) groups is 2. The molecule has 0 aromatic carbocycles. The lowest BCUT2D eigenvalue weighted by Gasteiger charge is -1.94. The molecule has 0 amide bonds. The minimum absolute atomic E-state index is 0.139. The van der Waals surface area contributed by atoms with Crippen LogP contribution in [-0.2, 0) is 4.79 Å². The molecule has 15 heavy (non-hydrogen) atoms. The molecule has 0 atom stereocenters. The summed E-state index contributed by atoms with van der Waals surface area (Å²) in [6.07, 6.45) is 0. The van der Waals surface area contributed by atoms with E-state index in [1.54, 1.807) is 6.92 Å². The molecule has 0 saturated carbocycles. The predicted molar refractivity (Wildman–Crippen MR) is 52.3 cm³/mol. The summed E-state index contributed by atoms with van der Waals surface area (Å²) in [6.45, 7) is 3.67. The first-order valence-electron chi connectivity index (χ1n) is 4.11. The van der Waals surface area contributed by atoms with Crippen LogP contribution in [0.2, 0.25) is 0 Å². The van der Waals surface area contributed by atoms with Gasteiger partial charge in [0.15, 0.2) is 0 Å². The van der Waals surface area contributed by atoms with Gasteiger partial charge >= 0.3 is 11.8 Å². The van der Waals surface area contributed by atoms with Crippen molar-refractivity contribution in [1.82, 2.24) is 14.6 Å². The Morgan fingerprint density at radius 2 is 2.00 bits per heavy atom. The highest BCUT2D eigenvalue weighted by atomic mass is 32.1. The fourth-order valence-electron chi connectivity index (χ4n) is 1.25. The lowest BCUT2D eigenvalue weighted by molar-refractivity contribution is -0.131. The Bertz CT molecular complexity index is 569. The summed E-state index contributed by atoms with van der Waals surface area (Å²) in [5.74, 6) is -2.70. The van der Waals surface area contributed by atoms with Crippen LogP contribution in [0.25, 0.3) is 4.96 Å². The Hall–Kier alpha value is -1.76. The number of aliphatic carboxylic acids is 1. The third kappa shape index (κ3) is 1.32. The quantitative estimate of drug-likeness (QED) is 0.600. The van der Waals surface area contributed by atoms with E-state index in [2.05, 4.69) is 10.2 Å². The molecule has 0 bridgehead atoms. The molecule has 2 heterocycles. The highest BCUT2D eigenvalue weighted by molar-refractivity contribution is 7.17. The maximum absolute atomic E-state index is 11.3. The number of fused-ring (bicyclic) bond motifs is 1. The largest absolute Gasteiger partial charge is 0.475 e. The molecular weight excluding hydrogens is 218 g/mol. The Morgan fingerprint density at radius 1 is 1.33 bits per heavy atom. The SMILES string of the molecule is Cc1sc2nnc(C(=O)C(=O)O)n2c1C. The molecule has 0 radical (unpaired) electrons. The molecule has 2 aromatic rings. The molecule has 0 fully saturated rings. The zero-order valence-corrected chi connectivity index (χ0v) is 8.83. The van der Waals surface area contributed by atoms with Gasteiger partial charge in [-0.25, -0.2) is 4.79 Å². The molecule has 1 N–H and O–H groups in total. The van der Waals surface area contributed by atoms with Gasteiger partial charge in [-0.3, -0.25) is 9.20 Å². The zero-order chi connectivity index (χ0) is 11.2. The number of carboxylic acid groups (broad SMARTS) is 1. The van der Waals surface area contributed by atoms with Gasteiger partial charge in [0.05, 0.1) is 0 Å². The standard InChI is InChI=1S/C8H7N3O3S/c1-3-4(2)15-8-10-9-6(11(3)8)5(12)7(13)14/h1-2H3,(H,13,14). The number of Topliss-reactive ketones (excluding diaryl/α,β-unsaturated/α-hetero) is 1. The van der Waals surface area contributed by atoms with Crippen molar-refractivity contribution in [2.75, 3.05) is 0 Å². The fraction of sp³-hybridized carbons (Fsp3) is 0.250. The van der Waals surface area contributed by atoms with Crippen LogP contribution in [0.15, 0.2) is 0 Å². The van der Waals surface area contributed by atoms with E-state index in [1.165, 1.54) is 15.7 Å². The van der Waals surface area contributed by atoms with Gasteiger partial charge in [-0.2, -0.15) is 0 Å². The van der Waals surface area contributed by atoms with Gasteiger partial charge in [0.2, 0.25) is 10.8 Å². The summed E-state index contributed by atoms with van der Waals surface area (Å²) in [7, 11) is 0. The monoisotopic (exact) mass is 225 g/mol. The third-order valence-corrected chi connectivity index (χ3v) is 3.17. The number of thiazole rings is 1. The van der Waals surface area contributed by atoms with Gasteiger partial charge in [-0.05, 0) is 13.8 Å². The summed E-state index contributed by atoms with van der Waals surface area (Å²) in [5.41, 5.74) is 0.796. The first-order chi connectivity index (χ1) is 7.02. The second-order valence-corrected chi connectivity index (χ2v) is 4.20. The molecule has 2 rings (SSSR count). The number of nitrogens with zero attached hydrogens (tertiary/aromatic N) is 3. The second kappa shape index (κ2) is 3.13. The minimum Gasteiger partial charge on any atom is -0.475 e. The summed E-state index contributed by atoms with van der Waals surface area (Å²) >= 11 is 1.37. The fourth-order valence-corrected chi connectivity index (χ4v) is 2.16. The van der Waals surface area contributed by atoms with Crippen molar-refractivity contribution < 1.29 is 14.7 Å². The number of ketones is 1. The molecule has 0 aliphatic heterocycles. The number of carboxylic acids is 1. The van der Waals surface area contributed by atoms with Crippen molar-refractivity contribution >= 4 is 28.1 Å². The van der Waals surface area contributed by atoms with Crippen LogP contribution in [0.4, 0.5) is 0 Å².